The first kappa shape index (κ1) is 23.7. The Labute approximate surface area is 187 Å². The Morgan fingerprint density at radius 2 is 1.69 bits per heavy atom. The molecule has 0 aliphatic heterocycles. The number of aromatic nitrogens is 1. The third-order valence-electron chi connectivity index (χ3n) is 4.36. The van der Waals surface area contributed by atoms with Crippen LogP contribution in [0, 0.1) is 0 Å². The SMILES string of the molecule is O=C(CN(Cc1ccc(Cl)cc1)S(=O)(=O)c1cccnc1)Nc1ccc(C(F)(F)F)cc1. The van der Waals surface area contributed by atoms with Gasteiger partial charge in [0.05, 0.1) is 12.1 Å². The summed E-state index contributed by atoms with van der Waals surface area (Å²) in [7, 11) is -4.09. The Balaban J connectivity index is 1.81. The summed E-state index contributed by atoms with van der Waals surface area (Å²) in [4.78, 5) is 16.3. The van der Waals surface area contributed by atoms with Gasteiger partial charge in [0.1, 0.15) is 4.90 Å². The Hall–Kier alpha value is -2.95. The molecule has 3 rings (SSSR count). The average molecular weight is 484 g/mol. The number of benzene rings is 2. The Morgan fingerprint density at radius 3 is 2.25 bits per heavy atom. The van der Waals surface area contributed by atoms with E-state index < -0.39 is 34.2 Å². The topological polar surface area (TPSA) is 79.4 Å². The number of anilines is 1. The number of sulfonamides is 1. The normalized spacial score (nSPS) is 12.0. The first-order valence-corrected chi connectivity index (χ1v) is 11.0. The molecule has 11 heteroatoms. The van der Waals surface area contributed by atoms with Gasteiger partial charge < -0.3 is 5.32 Å². The molecule has 6 nitrogen and oxygen atoms in total. The number of nitrogens with zero attached hydrogens (tertiary/aromatic N) is 2. The monoisotopic (exact) mass is 483 g/mol. The van der Waals surface area contributed by atoms with Crippen LogP contribution >= 0.6 is 11.6 Å². The molecule has 0 saturated carbocycles. The van der Waals surface area contributed by atoms with Crippen molar-refractivity contribution in [2.24, 2.45) is 0 Å². The number of nitrogens with one attached hydrogen (secondary N) is 1. The van der Waals surface area contributed by atoms with Gasteiger partial charge in [-0.15, -0.1) is 0 Å². The maximum atomic E-state index is 13.1. The first-order chi connectivity index (χ1) is 15.1. The van der Waals surface area contributed by atoms with Crippen molar-refractivity contribution >= 4 is 33.2 Å². The molecular formula is C21H17ClF3N3O3S. The number of rotatable bonds is 7. The van der Waals surface area contributed by atoms with Crippen molar-refractivity contribution < 1.29 is 26.4 Å². The number of hydrogen-bond donors (Lipinski definition) is 1. The zero-order chi connectivity index (χ0) is 23.4. The Bertz CT molecular complexity index is 1170. The number of pyridine rings is 1. The van der Waals surface area contributed by atoms with Crippen molar-refractivity contribution in [1.29, 1.82) is 0 Å². The zero-order valence-corrected chi connectivity index (χ0v) is 18.0. The number of alkyl halides is 3. The van der Waals surface area contributed by atoms with Crippen LogP contribution in [-0.4, -0.2) is 30.2 Å². The van der Waals surface area contributed by atoms with Gasteiger partial charge in [-0.25, -0.2) is 8.42 Å². The van der Waals surface area contributed by atoms with Crippen LogP contribution in [0.1, 0.15) is 11.1 Å². The average Bonchev–Trinajstić information content (AvgIpc) is 2.75. The van der Waals surface area contributed by atoms with Crippen LogP contribution in [0.5, 0.6) is 0 Å². The molecule has 168 valence electrons. The van der Waals surface area contributed by atoms with Gasteiger partial charge in [-0.1, -0.05) is 23.7 Å². The van der Waals surface area contributed by atoms with Gasteiger partial charge in [0, 0.05) is 29.6 Å². The second kappa shape index (κ2) is 9.68. The molecule has 0 aliphatic rings. The van der Waals surface area contributed by atoms with Crippen molar-refractivity contribution in [2.45, 2.75) is 17.6 Å². The first-order valence-electron chi connectivity index (χ1n) is 9.17. The predicted octanol–water partition coefficient (Wildman–Crippen LogP) is 4.58. The lowest BCUT2D eigenvalue weighted by Gasteiger charge is -2.22. The van der Waals surface area contributed by atoms with Crippen LogP contribution < -0.4 is 5.32 Å². The Morgan fingerprint density at radius 1 is 1.03 bits per heavy atom. The molecule has 0 atom stereocenters. The van der Waals surface area contributed by atoms with Crippen molar-refractivity contribution in [3.63, 3.8) is 0 Å². The molecule has 0 saturated heterocycles. The third kappa shape index (κ3) is 6.06. The number of hydrogen-bond acceptors (Lipinski definition) is 4. The fraction of sp³-hybridized carbons (Fsp3) is 0.143. The number of carbonyl (C=O) groups is 1. The van der Waals surface area contributed by atoms with Crippen molar-refractivity contribution in [2.75, 3.05) is 11.9 Å². The molecule has 1 N–H and O–H groups in total. The van der Waals surface area contributed by atoms with Gasteiger partial charge >= 0.3 is 6.18 Å². The number of halogens is 4. The smallest absolute Gasteiger partial charge is 0.325 e. The minimum absolute atomic E-state index is 0.101. The standard InChI is InChI=1S/C21H17ClF3N3O3S/c22-17-7-3-15(4-8-17)13-28(32(30,31)19-2-1-11-26-12-19)14-20(29)27-18-9-5-16(6-10-18)21(23,24)25/h1-12H,13-14H2,(H,27,29). The summed E-state index contributed by atoms with van der Waals surface area (Å²) in [5.41, 5.74) is -0.170. The lowest BCUT2D eigenvalue weighted by Crippen LogP contribution is -2.37. The lowest BCUT2D eigenvalue weighted by atomic mass is 10.2. The van der Waals surface area contributed by atoms with Crippen molar-refractivity contribution in [1.82, 2.24) is 9.29 Å². The van der Waals surface area contributed by atoms with E-state index in [-0.39, 0.29) is 17.1 Å². The fourth-order valence-corrected chi connectivity index (χ4v) is 4.25. The molecular weight excluding hydrogens is 467 g/mol. The Kier molecular flexibility index (Phi) is 7.17. The molecule has 32 heavy (non-hydrogen) atoms. The van der Waals surface area contributed by atoms with Crippen molar-refractivity contribution in [3.8, 4) is 0 Å². The van der Waals surface area contributed by atoms with Crippen LogP contribution in [0.4, 0.5) is 18.9 Å². The molecule has 1 amide bonds. The minimum Gasteiger partial charge on any atom is -0.325 e. The van der Waals surface area contributed by atoms with E-state index in [1.165, 1.54) is 18.3 Å². The molecule has 0 aliphatic carbocycles. The van der Waals surface area contributed by atoms with E-state index in [1.54, 1.807) is 24.3 Å². The highest BCUT2D eigenvalue weighted by molar-refractivity contribution is 7.89. The maximum Gasteiger partial charge on any atom is 0.416 e. The minimum atomic E-state index is -4.50. The van der Waals surface area contributed by atoms with Crippen LogP contribution in [0.2, 0.25) is 5.02 Å². The molecule has 1 heterocycles. The molecule has 0 radical (unpaired) electrons. The van der Waals surface area contributed by atoms with E-state index in [2.05, 4.69) is 10.3 Å². The predicted molar refractivity (Wildman–Crippen MR) is 113 cm³/mol. The third-order valence-corrected chi connectivity index (χ3v) is 6.39. The molecule has 0 unspecified atom stereocenters. The summed E-state index contributed by atoms with van der Waals surface area (Å²) in [5, 5.41) is 2.89. The van der Waals surface area contributed by atoms with Crippen LogP contribution in [0.15, 0.2) is 78.0 Å². The summed E-state index contributed by atoms with van der Waals surface area (Å²) in [6, 6.07) is 13.1. The second-order valence-corrected chi connectivity index (χ2v) is 9.09. The molecule has 1 aromatic heterocycles. The highest BCUT2D eigenvalue weighted by atomic mass is 35.5. The molecule has 0 spiro atoms. The van der Waals surface area contributed by atoms with Gasteiger partial charge in [0.25, 0.3) is 0 Å². The molecule has 0 bridgehead atoms. The lowest BCUT2D eigenvalue weighted by molar-refractivity contribution is -0.137. The highest BCUT2D eigenvalue weighted by Gasteiger charge is 2.30. The maximum absolute atomic E-state index is 13.1. The van der Waals surface area contributed by atoms with Gasteiger partial charge in [0.2, 0.25) is 15.9 Å². The van der Waals surface area contributed by atoms with E-state index >= 15 is 0 Å². The van der Waals surface area contributed by atoms with Crippen molar-refractivity contribution in [3.05, 3.63) is 89.2 Å². The van der Waals surface area contributed by atoms with E-state index in [0.717, 1.165) is 34.8 Å². The molecule has 2 aromatic carbocycles. The largest absolute Gasteiger partial charge is 0.416 e. The van der Waals surface area contributed by atoms with E-state index in [0.29, 0.717) is 10.6 Å². The second-order valence-electron chi connectivity index (χ2n) is 6.71. The van der Waals surface area contributed by atoms with Crippen LogP contribution in [0.3, 0.4) is 0 Å². The number of amides is 1. The van der Waals surface area contributed by atoms with Gasteiger partial charge in [-0.3, -0.25) is 9.78 Å². The summed E-state index contributed by atoms with van der Waals surface area (Å²) < 4.78 is 65.3. The molecule has 3 aromatic rings. The van der Waals surface area contributed by atoms with Gasteiger partial charge in [-0.2, -0.15) is 17.5 Å². The summed E-state index contributed by atoms with van der Waals surface area (Å²) >= 11 is 5.87. The van der Waals surface area contributed by atoms with E-state index in [9.17, 15) is 26.4 Å². The zero-order valence-electron chi connectivity index (χ0n) is 16.4. The highest BCUT2D eigenvalue weighted by Crippen LogP contribution is 2.29. The number of carbonyl (C=O) groups excluding carboxylic acids is 1. The van der Waals surface area contributed by atoms with E-state index in [4.69, 9.17) is 11.6 Å². The quantitative estimate of drug-likeness (QED) is 0.533. The summed E-state index contributed by atoms with van der Waals surface area (Å²) in [5.74, 6) is -0.716. The fourth-order valence-electron chi connectivity index (χ4n) is 2.77. The summed E-state index contributed by atoms with van der Waals surface area (Å²) in [6.07, 6.45) is -1.92. The molecule has 0 fully saturated rings. The van der Waals surface area contributed by atoms with Crippen LogP contribution in [0.25, 0.3) is 0 Å². The van der Waals surface area contributed by atoms with E-state index in [1.807, 2.05) is 0 Å². The van der Waals surface area contributed by atoms with Gasteiger partial charge in [-0.05, 0) is 54.1 Å². The van der Waals surface area contributed by atoms with Gasteiger partial charge in [0.15, 0.2) is 0 Å². The van der Waals surface area contributed by atoms with Crippen LogP contribution in [-0.2, 0) is 27.5 Å². The summed E-state index contributed by atoms with van der Waals surface area (Å²) in [6.45, 7) is -0.699.